The van der Waals surface area contributed by atoms with Crippen LogP contribution in [0.2, 0.25) is 0 Å². The molecule has 11 nitrogen and oxygen atoms in total. The molecular weight excluding hydrogens is 472 g/mol. The van der Waals surface area contributed by atoms with Gasteiger partial charge in [0.25, 0.3) is 5.56 Å². The van der Waals surface area contributed by atoms with Crippen LogP contribution in [0, 0.1) is 0 Å². The van der Waals surface area contributed by atoms with Crippen LogP contribution in [-0.4, -0.2) is 52.4 Å². The highest BCUT2D eigenvalue weighted by Crippen LogP contribution is 2.34. The number of hydrogen-bond acceptors (Lipinski definition) is 9. The lowest BCUT2D eigenvalue weighted by Gasteiger charge is -2.24. The molecule has 186 valence electrons. The maximum Gasteiger partial charge on any atom is 0.338 e. The molecule has 1 aromatic heterocycles. The summed E-state index contributed by atoms with van der Waals surface area (Å²) in [6.45, 7) is 0.762. The third-order valence-electron chi connectivity index (χ3n) is 5.35. The quantitative estimate of drug-likeness (QED) is 0.381. The highest BCUT2D eigenvalue weighted by molar-refractivity contribution is 5.90. The van der Waals surface area contributed by atoms with Crippen LogP contribution in [0.25, 0.3) is 0 Å². The molecule has 1 fully saturated rings. The number of aromatic nitrogens is 2. The molecule has 2 aromatic carbocycles. The summed E-state index contributed by atoms with van der Waals surface area (Å²) in [6, 6.07) is 17.4. The summed E-state index contributed by atoms with van der Waals surface area (Å²) in [4.78, 5) is 63.4. The largest absolute Gasteiger partial charge is 0.459 e. The van der Waals surface area contributed by atoms with Crippen molar-refractivity contribution < 1.29 is 33.3 Å². The van der Waals surface area contributed by atoms with Crippen LogP contribution in [0.5, 0.6) is 0 Å². The molecule has 1 N–H and O–H groups in total. The maximum absolute atomic E-state index is 12.8. The Morgan fingerprint density at radius 2 is 1.47 bits per heavy atom. The standard InChI is InChI=1S/C25H22N2O9/c1-15(28)34-21-20(36-24(31)17-10-6-3-7-11-17)18(14-33-23(30)16-8-4-2-5-9-16)35-22(21)27-13-12-19(29)26-25(27)32/h2-13,18,20-22H,14H2,1H3,(H,26,29,32)/t18-,20+,21-,22-/m1/s1. The van der Waals surface area contributed by atoms with Crippen LogP contribution in [0.3, 0.4) is 0 Å². The van der Waals surface area contributed by atoms with Crippen LogP contribution < -0.4 is 11.2 Å². The van der Waals surface area contributed by atoms with Crippen molar-refractivity contribution in [3.8, 4) is 0 Å². The summed E-state index contributed by atoms with van der Waals surface area (Å²) in [6.07, 6.45) is -3.78. The first-order valence-electron chi connectivity index (χ1n) is 11.0. The number of aromatic amines is 1. The van der Waals surface area contributed by atoms with Gasteiger partial charge in [0.05, 0.1) is 11.1 Å². The monoisotopic (exact) mass is 494 g/mol. The summed E-state index contributed by atoms with van der Waals surface area (Å²) in [7, 11) is 0. The average molecular weight is 494 g/mol. The van der Waals surface area contributed by atoms with E-state index < -0.39 is 53.7 Å². The molecule has 36 heavy (non-hydrogen) atoms. The third kappa shape index (κ3) is 5.58. The van der Waals surface area contributed by atoms with E-state index >= 15 is 0 Å². The molecule has 0 unspecified atom stereocenters. The van der Waals surface area contributed by atoms with Crippen LogP contribution in [0.4, 0.5) is 0 Å². The number of esters is 3. The first kappa shape index (κ1) is 24.6. The molecule has 1 aliphatic rings. The van der Waals surface area contributed by atoms with Gasteiger partial charge in [0.1, 0.15) is 12.7 Å². The fourth-order valence-corrected chi connectivity index (χ4v) is 3.73. The van der Waals surface area contributed by atoms with E-state index in [9.17, 15) is 24.0 Å². The first-order chi connectivity index (χ1) is 17.3. The third-order valence-corrected chi connectivity index (χ3v) is 5.35. The van der Waals surface area contributed by atoms with Gasteiger partial charge in [-0.1, -0.05) is 36.4 Å². The van der Waals surface area contributed by atoms with Crippen LogP contribution in [-0.2, 0) is 23.7 Å². The molecule has 0 amide bonds. The van der Waals surface area contributed by atoms with E-state index in [-0.39, 0.29) is 12.2 Å². The summed E-state index contributed by atoms with van der Waals surface area (Å²) in [5, 5.41) is 0. The number of nitrogens with zero attached hydrogens (tertiary/aromatic N) is 1. The molecule has 1 aliphatic heterocycles. The zero-order valence-electron chi connectivity index (χ0n) is 19.1. The minimum absolute atomic E-state index is 0.226. The molecule has 2 heterocycles. The van der Waals surface area contributed by atoms with E-state index in [0.717, 1.165) is 23.8 Å². The molecule has 0 aliphatic carbocycles. The van der Waals surface area contributed by atoms with Gasteiger partial charge in [0, 0.05) is 19.2 Å². The Bertz CT molecular complexity index is 1350. The molecule has 0 saturated carbocycles. The number of rotatable bonds is 7. The van der Waals surface area contributed by atoms with Crippen molar-refractivity contribution in [2.24, 2.45) is 0 Å². The van der Waals surface area contributed by atoms with Crippen LogP contribution in [0.15, 0.2) is 82.5 Å². The Balaban J connectivity index is 1.65. The molecule has 11 heteroatoms. The highest BCUT2D eigenvalue weighted by Gasteiger charge is 2.51. The number of H-pyrrole nitrogens is 1. The predicted octanol–water partition coefficient (Wildman–Crippen LogP) is 1.45. The van der Waals surface area contributed by atoms with Gasteiger partial charge in [-0.2, -0.15) is 0 Å². The van der Waals surface area contributed by atoms with E-state index in [1.807, 2.05) is 0 Å². The lowest BCUT2D eigenvalue weighted by molar-refractivity contribution is -0.156. The Labute approximate surface area is 204 Å². The number of carbonyl (C=O) groups excluding carboxylic acids is 3. The SMILES string of the molecule is CC(=O)O[C@@H]1[C@@H](OC(=O)c2ccccc2)[C@@H](COC(=O)c2ccccc2)O[C@H]1n1ccc(=O)[nH]c1=O. The molecule has 0 spiro atoms. The fourth-order valence-electron chi connectivity index (χ4n) is 3.73. The first-order valence-corrected chi connectivity index (χ1v) is 11.0. The second kappa shape index (κ2) is 10.8. The van der Waals surface area contributed by atoms with Crippen molar-refractivity contribution in [2.75, 3.05) is 6.61 Å². The molecule has 0 radical (unpaired) electrons. The molecule has 4 rings (SSSR count). The van der Waals surface area contributed by atoms with Gasteiger partial charge in [-0.3, -0.25) is 19.1 Å². The molecule has 3 aromatic rings. The lowest BCUT2D eigenvalue weighted by Crippen LogP contribution is -2.42. The predicted molar refractivity (Wildman–Crippen MR) is 123 cm³/mol. The number of ether oxygens (including phenoxy) is 4. The number of benzene rings is 2. The zero-order chi connectivity index (χ0) is 25.7. The van der Waals surface area contributed by atoms with Gasteiger partial charge in [-0.15, -0.1) is 0 Å². The Kier molecular flexibility index (Phi) is 7.40. The second-order valence-electron chi connectivity index (χ2n) is 7.86. The molecular formula is C25H22N2O9. The Hall–Kier alpha value is -4.51. The number of carbonyl (C=O) groups is 3. The van der Waals surface area contributed by atoms with Gasteiger partial charge < -0.3 is 18.9 Å². The van der Waals surface area contributed by atoms with Crippen LogP contribution >= 0.6 is 0 Å². The van der Waals surface area contributed by atoms with Crippen molar-refractivity contribution >= 4 is 17.9 Å². The number of nitrogens with one attached hydrogen (secondary N) is 1. The van der Waals surface area contributed by atoms with Gasteiger partial charge in [-0.25, -0.2) is 14.4 Å². The molecule has 4 atom stereocenters. The minimum Gasteiger partial charge on any atom is -0.459 e. The van der Waals surface area contributed by atoms with Crippen molar-refractivity contribution in [2.45, 2.75) is 31.5 Å². The smallest absolute Gasteiger partial charge is 0.338 e. The van der Waals surface area contributed by atoms with Crippen molar-refractivity contribution in [3.63, 3.8) is 0 Å². The van der Waals surface area contributed by atoms with Gasteiger partial charge in [0.15, 0.2) is 18.4 Å². The number of hydrogen-bond donors (Lipinski definition) is 1. The van der Waals surface area contributed by atoms with Crippen LogP contribution in [0.1, 0.15) is 33.9 Å². The van der Waals surface area contributed by atoms with E-state index in [1.54, 1.807) is 48.5 Å². The van der Waals surface area contributed by atoms with Gasteiger partial charge in [0.2, 0.25) is 0 Å². The summed E-state index contributed by atoms with van der Waals surface area (Å²) in [5.41, 5.74) is -0.958. The Morgan fingerprint density at radius 3 is 2.06 bits per heavy atom. The highest BCUT2D eigenvalue weighted by atomic mass is 16.7. The summed E-state index contributed by atoms with van der Waals surface area (Å²) in [5.74, 6) is -2.12. The van der Waals surface area contributed by atoms with E-state index in [2.05, 4.69) is 4.98 Å². The topological polar surface area (TPSA) is 143 Å². The van der Waals surface area contributed by atoms with E-state index in [1.165, 1.54) is 12.1 Å². The minimum atomic E-state index is -1.29. The van der Waals surface area contributed by atoms with Crippen molar-refractivity contribution in [3.05, 3.63) is 105 Å². The van der Waals surface area contributed by atoms with Gasteiger partial charge >= 0.3 is 23.6 Å². The maximum atomic E-state index is 12.8. The normalized spacial score (nSPS) is 20.9. The summed E-state index contributed by atoms with van der Waals surface area (Å²) >= 11 is 0. The second-order valence-corrected chi connectivity index (χ2v) is 7.86. The van der Waals surface area contributed by atoms with Crippen molar-refractivity contribution in [1.29, 1.82) is 0 Å². The van der Waals surface area contributed by atoms with Crippen molar-refractivity contribution in [1.82, 2.24) is 9.55 Å². The lowest BCUT2D eigenvalue weighted by atomic mass is 10.1. The molecule has 1 saturated heterocycles. The average Bonchev–Trinajstić information content (AvgIpc) is 3.19. The van der Waals surface area contributed by atoms with E-state index in [0.29, 0.717) is 5.56 Å². The van der Waals surface area contributed by atoms with Gasteiger partial charge in [-0.05, 0) is 24.3 Å². The van der Waals surface area contributed by atoms with E-state index in [4.69, 9.17) is 18.9 Å². The molecule has 0 bridgehead atoms. The summed E-state index contributed by atoms with van der Waals surface area (Å²) < 4.78 is 23.4. The fraction of sp³-hybridized carbons (Fsp3) is 0.240. The Morgan fingerprint density at radius 1 is 0.861 bits per heavy atom. The zero-order valence-corrected chi connectivity index (χ0v) is 19.1.